The molecule has 0 aliphatic rings. The second-order valence-electron chi connectivity index (χ2n) is 2.36. The Morgan fingerprint density at radius 2 is 2.08 bits per heavy atom. The van der Waals surface area contributed by atoms with Crippen LogP contribution >= 0.6 is 11.8 Å². The van der Waals surface area contributed by atoms with E-state index in [9.17, 15) is 9.59 Å². The first-order valence-electron chi connectivity index (χ1n) is 3.70. The molecule has 0 aromatic heterocycles. The van der Waals surface area contributed by atoms with Gasteiger partial charge in [0.15, 0.2) is 0 Å². The van der Waals surface area contributed by atoms with Crippen LogP contribution < -0.4 is 0 Å². The van der Waals surface area contributed by atoms with Crippen molar-refractivity contribution in [3.05, 3.63) is 0 Å². The summed E-state index contributed by atoms with van der Waals surface area (Å²) in [7, 11) is 0. The van der Waals surface area contributed by atoms with Crippen molar-refractivity contribution in [1.29, 1.82) is 0 Å². The summed E-state index contributed by atoms with van der Waals surface area (Å²) in [6.07, 6.45) is 0.219. The van der Waals surface area contributed by atoms with Gasteiger partial charge in [0, 0.05) is 18.2 Å². The van der Waals surface area contributed by atoms with Gasteiger partial charge in [-0.1, -0.05) is 6.92 Å². The molecule has 13 heavy (non-hydrogen) atoms. The average Bonchev–Trinajstić information content (AvgIpc) is 2.11. The molecule has 0 atom stereocenters. The summed E-state index contributed by atoms with van der Waals surface area (Å²) in [5.41, 5.74) is 0. The molecule has 0 spiro atoms. The maximum Gasteiger partial charge on any atom is 0.323 e. The standard InChI is InChI=1S/C7H11ClN2O3/c1-3-6(11)10(4-7(12)13)5(2)9-8/h3-4H2,1-2H3,(H,12,13)/b9-5-. The van der Waals surface area contributed by atoms with Gasteiger partial charge in [0.2, 0.25) is 5.91 Å². The summed E-state index contributed by atoms with van der Waals surface area (Å²) in [4.78, 5) is 22.6. The Labute approximate surface area is 81.1 Å². The van der Waals surface area contributed by atoms with Crippen molar-refractivity contribution >= 4 is 29.5 Å². The lowest BCUT2D eigenvalue weighted by Crippen LogP contribution is -2.38. The van der Waals surface area contributed by atoms with E-state index in [4.69, 9.17) is 16.9 Å². The third kappa shape index (κ3) is 3.89. The predicted molar refractivity (Wildman–Crippen MR) is 48.6 cm³/mol. The highest BCUT2D eigenvalue weighted by molar-refractivity contribution is 6.20. The summed E-state index contributed by atoms with van der Waals surface area (Å²) in [6.45, 7) is 2.71. The van der Waals surface area contributed by atoms with Gasteiger partial charge in [-0.3, -0.25) is 14.5 Å². The molecular weight excluding hydrogens is 196 g/mol. The van der Waals surface area contributed by atoms with E-state index in [1.165, 1.54) is 6.92 Å². The van der Waals surface area contributed by atoms with Gasteiger partial charge in [0.25, 0.3) is 0 Å². The van der Waals surface area contributed by atoms with E-state index < -0.39 is 12.5 Å². The highest BCUT2D eigenvalue weighted by atomic mass is 35.5. The summed E-state index contributed by atoms with van der Waals surface area (Å²) in [6, 6.07) is 0. The first kappa shape index (κ1) is 11.9. The van der Waals surface area contributed by atoms with E-state index in [-0.39, 0.29) is 18.2 Å². The zero-order valence-corrected chi connectivity index (χ0v) is 8.21. The molecular formula is C7H11ClN2O3. The Bertz CT molecular complexity index is 240. The molecule has 0 radical (unpaired) electrons. The third-order valence-corrected chi connectivity index (χ3v) is 1.65. The van der Waals surface area contributed by atoms with E-state index in [1.54, 1.807) is 6.92 Å². The number of aliphatic carboxylic acids is 1. The number of rotatable bonds is 3. The van der Waals surface area contributed by atoms with Crippen LogP contribution in [0, 0.1) is 0 Å². The van der Waals surface area contributed by atoms with Crippen LogP contribution in [-0.2, 0) is 9.59 Å². The van der Waals surface area contributed by atoms with Crippen molar-refractivity contribution in [1.82, 2.24) is 4.90 Å². The Hall–Kier alpha value is -1.10. The SMILES string of the molecule is CCC(=O)N(CC(=O)O)/C(C)=N\Cl. The Balaban J connectivity index is 4.55. The van der Waals surface area contributed by atoms with Gasteiger partial charge in [-0.25, -0.2) is 0 Å². The number of hydrogen-bond acceptors (Lipinski definition) is 3. The second-order valence-corrected chi connectivity index (χ2v) is 2.53. The maximum atomic E-state index is 11.2. The molecule has 1 N–H and O–H groups in total. The zero-order chi connectivity index (χ0) is 10.4. The fraction of sp³-hybridized carbons (Fsp3) is 0.571. The molecule has 0 saturated heterocycles. The smallest absolute Gasteiger partial charge is 0.323 e. The number of nitrogens with zero attached hydrogens (tertiary/aromatic N) is 2. The largest absolute Gasteiger partial charge is 0.480 e. The third-order valence-electron chi connectivity index (χ3n) is 1.41. The van der Waals surface area contributed by atoms with Crippen molar-refractivity contribution in [3.63, 3.8) is 0 Å². The highest BCUT2D eigenvalue weighted by Crippen LogP contribution is 1.98. The van der Waals surface area contributed by atoms with Gasteiger partial charge < -0.3 is 5.11 Å². The van der Waals surface area contributed by atoms with Gasteiger partial charge in [0.05, 0.1) is 0 Å². The van der Waals surface area contributed by atoms with Crippen molar-refractivity contribution in [2.24, 2.45) is 4.51 Å². The first-order valence-corrected chi connectivity index (χ1v) is 4.04. The van der Waals surface area contributed by atoms with Crippen LogP contribution in [-0.4, -0.2) is 34.3 Å². The number of carboxylic acid groups (broad SMARTS) is 1. The molecule has 0 saturated carbocycles. The summed E-state index contributed by atoms with van der Waals surface area (Å²) in [5.74, 6) is -1.22. The predicted octanol–water partition coefficient (Wildman–Crippen LogP) is 0.882. The van der Waals surface area contributed by atoms with Crippen LogP contribution in [0.3, 0.4) is 0 Å². The van der Waals surface area contributed by atoms with Crippen molar-refractivity contribution in [2.45, 2.75) is 20.3 Å². The van der Waals surface area contributed by atoms with Gasteiger partial charge in [-0.15, -0.1) is 0 Å². The summed E-state index contributed by atoms with van der Waals surface area (Å²) < 4.78 is 3.24. The fourth-order valence-electron chi connectivity index (χ4n) is 0.755. The molecule has 0 fully saturated rings. The molecule has 0 bridgehead atoms. The van der Waals surface area contributed by atoms with Crippen LogP contribution in [0.15, 0.2) is 4.51 Å². The molecule has 0 aromatic carbocycles. The van der Waals surface area contributed by atoms with E-state index >= 15 is 0 Å². The minimum atomic E-state index is -1.10. The number of carboxylic acids is 1. The Morgan fingerprint density at radius 1 is 1.54 bits per heavy atom. The zero-order valence-electron chi connectivity index (χ0n) is 7.45. The monoisotopic (exact) mass is 206 g/mol. The number of carbonyl (C=O) groups is 2. The molecule has 6 heteroatoms. The Morgan fingerprint density at radius 3 is 2.38 bits per heavy atom. The van der Waals surface area contributed by atoms with Crippen LogP contribution in [0.2, 0.25) is 0 Å². The summed E-state index contributed by atoms with van der Waals surface area (Å²) in [5, 5.41) is 8.48. The van der Waals surface area contributed by atoms with Crippen molar-refractivity contribution in [2.75, 3.05) is 6.54 Å². The number of halogens is 1. The summed E-state index contributed by atoms with van der Waals surface area (Å²) >= 11 is 5.13. The lowest BCUT2D eigenvalue weighted by molar-refractivity contribution is -0.141. The molecule has 74 valence electrons. The number of amides is 1. The molecule has 5 nitrogen and oxygen atoms in total. The topological polar surface area (TPSA) is 70.0 Å². The van der Waals surface area contributed by atoms with E-state index in [0.717, 1.165) is 4.90 Å². The molecule has 0 unspecified atom stereocenters. The van der Waals surface area contributed by atoms with Crippen LogP contribution in [0.1, 0.15) is 20.3 Å². The quantitative estimate of drug-likeness (QED) is 0.551. The lowest BCUT2D eigenvalue weighted by Gasteiger charge is -2.18. The van der Waals surface area contributed by atoms with Crippen LogP contribution in [0.4, 0.5) is 0 Å². The molecule has 0 heterocycles. The van der Waals surface area contributed by atoms with Gasteiger partial charge in [0.1, 0.15) is 12.4 Å². The normalized spacial score (nSPS) is 11.2. The maximum absolute atomic E-state index is 11.2. The van der Waals surface area contributed by atoms with Gasteiger partial charge >= 0.3 is 5.97 Å². The van der Waals surface area contributed by atoms with E-state index in [1.807, 2.05) is 0 Å². The fourth-order valence-corrected chi connectivity index (χ4v) is 0.846. The second kappa shape index (κ2) is 5.53. The van der Waals surface area contributed by atoms with E-state index in [0.29, 0.717) is 0 Å². The molecule has 0 aromatic rings. The van der Waals surface area contributed by atoms with Crippen molar-refractivity contribution < 1.29 is 14.7 Å². The van der Waals surface area contributed by atoms with Crippen molar-refractivity contribution in [3.8, 4) is 0 Å². The molecule has 0 aliphatic heterocycles. The highest BCUT2D eigenvalue weighted by Gasteiger charge is 2.17. The van der Waals surface area contributed by atoms with Gasteiger partial charge in [-0.2, -0.15) is 4.51 Å². The number of amidine groups is 1. The average molecular weight is 207 g/mol. The van der Waals surface area contributed by atoms with Crippen LogP contribution in [0.25, 0.3) is 0 Å². The van der Waals surface area contributed by atoms with Crippen LogP contribution in [0.5, 0.6) is 0 Å². The first-order chi connectivity index (χ1) is 6.02. The Kier molecular flexibility index (Phi) is 5.06. The van der Waals surface area contributed by atoms with E-state index in [2.05, 4.69) is 4.51 Å². The minimum Gasteiger partial charge on any atom is -0.480 e. The molecule has 0 rings (SSSR count). The number of carbonyl (C=O) groups excluding carboxylic acids is 1. The molecule has 0 aliphatic carbocycles. The number of hydrogen-bond donors (Lipinski definition) is 1. The minimum absolute atomic E-state index is 0.191. The van der Waals surface area contributed by atoms with Gasteiger partial charge in [-0.05, 0) is 6.92 Å². The molecule has 1 amide bonds. The lowest BCUT2D eigenvalue weighted by atomic mass is 10.3.